The van der Waals surface area contributed by atoms with Gasteiger partial charge in [-0.2, -0.15) is 0 Å². The fraction of sp³-hybridized carbons (Fsp3) is 0.944. The van der Waals surface area contributed by atoms with Crippen molar-refractivity contribution in [2.75, 3.05) is 0 Å². The Bertz CT molecular complexity index is 356. The van der Waals surface area contributed by atoms with Crippen LogP contribution in [0.25, 0.3) is 0 Å². The molecule has 3 nitrogen and oxygen atoms in total. The zero-order valence-corrected chi connectivity index (χ0v) is 13.3. The van der Waals surface area contributed by atoms with Gasteiger partial charge in [0.05, 0.1) is 0 Å². The van der Waals surface area contributed by atoms with Crippen LogP contribution < -0.4 is 0 Å². The zero-order chi connectivity index (χ0) is 15.1. The van der Waals surface area contributed by atoms with Gasteiger partial charge in [0.15, 0.2) is 0 Å². The van der Waals surface area contributed by atoms with Crippen molar-refractivity contribution in [3.63, 3.8) is 0 Å². The van der Waals surface area contributed by atoms with E-state index in [1.807, 2.05) is 0 Å². The second-order valence-corrected chi connectivity index (χ2v) is 8.60. The molecule has 21 heavy (non-hydrogen) atoms. The summed E-state index contributed by atoms with van der Waals surface area (Å²) in [7, 11) is 0. The molecule has 0 spiro atoms. The van der Waals surface area contributed by atoms with Crippen LogP contribution in [0.2, 0.25) is 0 Å². The number of hydrogen-bond donors (Lipinski definition) is 2. The Morgan fingerprint density at radius 1 is 0.857 bits per heavy atom. The summed E-state index contributed by atoms with van der Waals surface area (Å²) in [6.07, 6.45) is 15.5. The summed E-state index contributed by atoms with van der Waals surface area (Å²) in [4.78, 5) is 8.56. The summed E-state index contributed by atoms with van der Waals surface area (Å²) in [5.74, 6) is 3.42. The summed E-state index contributed by atoms with van der Waals surface area (Å²) < 4.78 is 0. The van der Waals surface area contributed by atoms with Gasteiger partial charge < -0.3 is 10.2 Å². The summed E-state index contributed by atoms with van der Waals surface area (Å²) >= 11 is 0. The van der Waals surface area contributed by atoms with Gasteiger partial charge in [-0.3, -0.25) is 0 Å². The highest BCUT2D eigenvalue weighted by atomic mass is 16.6. The first-order valence-corrected chi connectivity index (χ1v) is 8.84. The monoisotopic (exact) mass is 294 g/mol. The van der Waals surface area contributed by atoms with E-state index < -0.39 is 6.16 Å². The topological polar surface area (TPSA) is 57.5 Å². The molecule has 5 aliphatic carbocycles. The van der Waals surface area contributed by atoms with Crippen molar-refractivity contribution < 1.29 is 15.0 Å². The molecule has 5 rings (SSSR count). The van der Waals surface area contributed by atoms with Crippen LogP contribution in [0, 0.1) is 28.6 Å². The number of carboxylic acid groups (broad SMARTS) is 2. The van der Waals surface area contributed by atoms with Crippen molar-refractivity contribution in [2.45, 2.75) is 77.6 Å². The molecule has 2 N–H and O–H groups in total. The molecule has 0 aliphatic heterocycles. The first kappa shape index (κ1) is 15.2. The van der Waals surface area contributed by atoms with Crippen LogP contribution in [0.4, 0.5) is 4.79 Å². The van der Waals surface area contributed by atoms with Crippen LogP contribution >= 0.6 is 0 Å². The molecular formula is C18H30O3. The minimum Gasteiger partial charge on any atom is -0.450 e. The molecule has 0 aromatic heterocycles. The molecule has 5 saturated carbocycles. The first-order chi connectivity index (χ1) is 9.92. The summed E-state index contributed by atoms with van der Waals surface area (Å²) in [5, 5.41) is 13.9. The maximum absolute atomic E-state index is 8.56. The van der Waals surface area contributed by atoms with Crippen LogP contribution in [0.15, 0.2) is 0 Å². The van der Waals surface area contributed by atoms with Gasteiger partial charge in [0.1, 0.15) is 0 Å². The molecule has 0 radical (unpaired) electrons. The molecular weight excluding hydrogens is 264 g/mol. The molecule has 5 aliphatic rings. The predicted molar refractivity (Wildman–Crippen MR) is 82.5 cm³/mol. The Balaban J connectivity index is 0.000000298. The highest BCUT2D eigenvalue weighted by Crippen LogP contribution is 2.68. The van der Waals surface area contributed by atoms with Crippen LogP contribution in [-0.4, -0.2) is 16.4 Å². The molecule has 0 aromatic carbocycles. The van der Waals surface area contributed by atoms with E-state index in [1.54, 1.807) is 51.4 Å². The third-order valence-corrected chi connectivity index (χ3v) is 7.28. The van der Waals surface area contributed by atoms with E-state index in [1.165, 1.54) is 19.3 Å². The third kappa shape index (κ3) is 2.80. The molecule has 0 unspecified atom stereocenters. The minimum absolute atomic E-state index is 0.737. The SMILES string of the molecule is CC1(C23CC4CC(CC(C4)C2)C3)CCCCC1.O=C(O)O. The van der Waals surface area contributed by atoms with E-state index in [0.29, 0.717) is 0 Å². The van der Waals surface area contributed by atoms with Crippen LogP contribution in [-0.2, 0) is 0 Å². The first-order valence-electron chi connectivity index (χ1n) is 8.84. The van der Waals surface area contributed by atoms with Crippen molar-refractivity contribution in [2.24, 2.45) is 28.6 Å². The number of carbonyl (C=O) groups is 1. The van der Waals surface area contributed by atoms with E-state index in [-0.39, 0.29) is 0 Å². The third-order valence-electron chi connectivity index (χ3n) is 7.28. The smallest absolute Gasteiger partial charge is 0.450 e. The molecule has 3 heteroatoms. The Kier molecular flexibility index (Phi) is 3.96. The molecule has 0 amide bonds. The van der Waals surface area contributed by atoms with Gasteiger partial charge in [0.25, 0.3) is 0 Å². The average molecular weight is 294 g/mol. The minimum atomic E-state index is -1.83. The lowest BCUT2D eigenvalue weighted by Crippen LogP contribution is -2.54. The van der Waals surface area contributed by atoms with Crippen LogP contribution in [0.1, 0.15) is 77.6 Å². The Morgan fingerprint density at radius 3 is 1.62 bits per heavy atom. The van der Waals surface area contributed by atoms with Gasteiger partial charge in [-0.1, -0.05) is 26.2 Å². The average Bonchev–Trinajstić information content (AvgIpc) is 2.37. The molecule has 0 atom stereocenters. The van der Waals surface area contributed by atoms with Crippen molar-refractivity contribution in [3.8, 4) is 0 Å². The number of hydrogen-bond acceptors (Lipinski definition) is 1. The van der Waals surface area contributed by atoms with E-state index in [0.717, 1.165) is 28.6 Å². The van der Waals surface area contributed by atoms with Gasteiger partial charge in [-0.05, 0) is 80.0 Å². The van der Waals surface area contributed by atoms with Gasteiger partial charge in [0.2, 0.25) is 0 Å². The molecule has 120 valence electrons. The normalized spacial score (nSPS) is 43.0. The highest BCUT2D eigenvalue weighted by molar-refractivity contribution is 5.53. The number of rotatable bonds is 1. The molecule has 0 saturated heterocycles. The Labute approximate surface area is 128 Å². The summed E-state index contributed by atoms with van der Waals surface area (Å²) in [6, 6.07) is 0. The van der Waals surface area contributed by atoms with Gasteiger partial charge >= 0.3 is 6.16 Å². The quantitative estimate of drug-likeness (QED) is 0.681. The standard InChI is InChI=1S/C17H28.CH2O3/c1-16(5-3-2-4-6-16)17-10-13-7-14(11-17)9-15(8-13)12-17;2-1(3)4/h13-15H,2-12H2,1H3;(H2,2,3,4). The fourth-order valence-corrected chi connectivity index (χ4v) is 6.71. The van der Waals surface area contributed by atoms with Crippen molar-refractivity contribution in [1.82, 2.24) is 0 Å². The predicted octanol–water partition coefficient (Wildman–Crippen LogP) is 5.40. The maximum Gasteiger partial charge on any atom is 0.503 e. The molecule has 0 aromatic rings. The van der Waals surface area contributed by atoms with Crippen LogP contribution in [0.3, 0.4) is 0 Å². The van der Waals surface area contributed by atoms with Gasteiger partial charge in [-0.15, -0.1) is 0 Å². The van der Waals surface area contributed by atoms with Crippen molar-refractivity contribution in [3.05, 3.63) is 0 Å². The van der Waals surface area contributed by atoms with Crippen LogP contribution in [0.5, 0.6) is 0 Å². The summed E-state index contributed by atoms with van der Waals surface area (Å²) in [5.41, 5.74) is 1.55. The molecule has 4 bridgehead atoms. The van der Waals surface area contributed by atoms with Gasteiger partial charge in [-0.25, -0.2) is 4.79 Å². The Hall–Kier alpha value is -0.730. The van der Waals surface area contributed by atoms with E-state index in [9.17, 15) is 0 Å². The fourth-order valence-electron chi connectivity index (χ4n) is 6.71. The largest absolute Gasteiger partial charge is 0.503 e. The van der Waals surface area contributed by atoms with Gasteiger partial charge in [0, 0.05) is 0 Å². The zero-order valence-electron chi connectivity index (χ0n) is 13.3. The lowest BCUT2D eigenvalue weighted by molar-refractivity contribution is -0.137. The Morgan fingerprint density at radius 2 is 1.24 bits per heavy atom. The second-order valence-electron chi connectivity index (χ2n) is 8.60. The maximum atomic E-state index is 8.56. The lowest BCUT2D eigenvalue weighted by atomic mass is 9.41. The van der Waals surface area contributed by atoms with E-state index in [4.69, 9.17) is 15.0 Å². The lowest BCUT2D eigenvalue weighted by Gasteiger charge is -2.64. The molecule has 5 fully saturated rings. The van der Waals surface area contributed by atoms with E-state index in [2.05, 4.69) is 6.92 Å². The van der Waals surface area contributed by atoms with Crippen molar-refractivity contribution >= 4 is 6.16 Å². The summed E-state index contributed by atoms with van der Waals surface area (Å²) in [6.45, 7) is 2.68. The van der Waals surface area contributed by atoms with E-state index >= 15 is 0 Å². The second kappa shape index (κ2) is 5.48. The van der Waals surface area contributed by atoms with Crippen molar-refractivity contribution in [1.29, 1.82) is 0 Å². The molecule has 0 heterocycles. The highest BCUT2D eigenvalue weighted by Gasteiger charge is 2.58.